The highest BCUT2D eigenvalue weighted by Crippen LogP contribution is 2.29. The van der Waals surface area contributed by atoms with Crippen molar-refractivity contribution in [2.75, 3.05) is 45.7 Å². The van der Waals surface area contributed by atoms with Gasteiger partial charge in [-0.1, -0.05) is 42.5 Å². The zero-order valence-electron chi connectivity index (χ0n) is 19.0. The third kappa shape index (κ3) is 4.87. The quantitative estimate of drug-likeness (QED) is 0.610. The predicted octanol–water partition coefficient (Wildman–Crippen LogP) is 4.00. The Balaban J connectivity index is 1.35. The second-order valence-electron chi connectivity index (χ2n) is 8.18. The Morgan fingerprint density at radius 1 is 0.969 bits per heavy atom. The molecule has 6 heteroatoms. The van der Waals surface area contributed by atoms with Gasteiger partial charge in [0.2, 0.25) is 5.91 Å². The predicted molar refractivity (Wildman–Crippen MR) is 128 cm³/mol. The van der Waals surface area contributed by atoms with E-state index in [2.05, 4.69) is 57.6 Å². The van der Waals surface area contributed by atoms with Crippen LogP contribution in [-0.2, 0) is 11.3 Å². The first-order valence-electron chi connectivity index (χ1n) is 11.0. The van der Waals surface area contributed by atoms with Crippen molar-refractivity contribution in [3.8, 4) is 11.5 Å². The van der Waals surface area contributed by atoms with E-state index >= 15 is 0 Å². The van der Waals surface area contributed by atoms with Crippen LogP contribution in [0.1, 0.15) is 12.5 Å². The summed E-state index contributed by atoms with van der Waals surface area (Å²) in [5.74, 6) is 1.25. The van der Waals surface area contributed by atoms with E-state index in [1.807, 2.05) is 13.0 Å². The van der Waals surface area contributed by atoms with E-state index < -0.39 is 0 Å². The number of anilines is 1. The third-order valence-corrected chi connectivity index (χ3v) is 6.27. The molecule has 3 aromatic carbocycles. The van der Waals surface area contributed by atoms with Gasteiger partial charge in [-0.25, -0.2) is 0 Å². The van der Waals surface area contributed by atoms with Crippen molar-refractivity contribution >= 4 is 22.4 Å². The Kier molecular flexibility index (Phi) is 6.93. The summed E-state index contributed by atoms with van der Waals surface area (Å²) in [5.41, 5.74) is 1.98. The second-order valence-corrected chi connectivity index (χ2v) is 8.18. The van der Waals surface area contributed by atoms with Gasteiger partial charge in [0, 0.05) is 38.8 Å². The van der Waals surface area contributed by atoms with E-state index in [1.165, 1.54) is 16.3 Å². The van der Waals surface area contributed by atoms with E-state index in [-0.39, 0.29) is 11.9 Å². The first-order valence-corrected chi connectivity index (χ1v) is 11.0. The van der Waals surface area contributed by atoms with Gasteiger partial charge in [-0.05, 0) is 35.4 Å². The minimum atomic E-state index is -0.231. The molecule has 3 aromatic rings. The SMILES string of the molecule is COc1ccc(OC)c(NC(=O)C(C)N2CCN(Cc3cccc4ccccc34)CC2)c1. The fraction of sp³-hybridized carbons (Fsp3) is 0.346. The summed E-state index contributed by atoms with van der Waals surface area (Å²) in [6.07, 6.45) is 0. The monoisotopic (exact) mass is 433 g/mol. The fourth-order valence-electron chi connectivity index (χ4n) is 4.29. The first kappa shape index (κ1) is 22.1. The Morgan fingerprint density at radius 3 is 2.47 bits per heavy atom. The lowest BCUT2D eigenvalue weighted by Gasteiger charge is -2.37. The maximum atomic E-state index is 12.9. The summed E-state index contributed by atoms with van der Waals surface area (Å²) in [4.78, 5) is 17.6. The number of nitrogens with zero attached hydrogens (tertiary/aromatic N) is 2. The molecule has 0 spiro atoms. The van der Waals surface area contributed by atoms with Gasteiger partial charge in [0.05, 0.1) is 25.9 Å². The summed E-state index contributed by atoms with van der Waals surface area (Å²) < 4.78 is 10.7. The fourth-order valence-corrected chi connectivity index (χ4v) is 4.29. The van der Waals surface area contributed by atoms with Crippen molar-refractivity contribution < 1.29 is 14.3 Å². The summed E-state index contributed by atoms with van der Waals surface area (Å²) in [7, 11) is 3.20. The van der Waals surface area contributed by atoms with E-state index in [0.717, 1.165) is 32.7 Å². The molecule has 0 aromatic heterocycles. The Bertz CT molecular complexity index is 1070. The number of hydrogen-bond acceptors (Lipinski definition) is 5. The lowest BCUT2D eigenvalue weighted by atomic mass is 10.0. The molecule has 1 atom stereocenters. The van der Waals surface area contributed by atoms with Crippen molar-refractivity contribution in [1.29, 1.82) is 0 Å². The molecule has 6 nitrogen and oxygen atoms in total. The molecule has 1 aliphatic rings. The highest BCUT2D eigenvalue weighted by atomic mass is 16.5. The van der Waals surface area contributed by atoms with Crippen LogP contribution in [0.3, 0.4) is 0 Å². The van der Waals surface area contributed by atoms with Crippen LogP contribution in [0.25, 0.3) is 10.8 Å². The van der Waals surface area contributed by atoms with Crippen molar-refractivity contribution in [2.45, 2.75) is 19.5 Å². The van der Waals surface area contributed by atoms with Crippen molar-refractivity contribution in [1.82, 2.24) is 9.80 Å². The van der Waals surface area contributed by atoms with Crippen molar-refractivity contribution in [2.24, 2.45) is 0 Å². The second kappa shape index (κ2) is 10.0. The molecule has 1 fully saturated rings. The van der Waals surface area contributed by atoms with Gasteiger partial charge in [-0.15, -0.1) is 0 Å². The molecule has 168 valence electrons. The van der Waals surface area contributed by atoms with Crippen LogP contribution < -0.4 is 14.8 Å². The van der Waals surface area contributed by atoms with Crippen LogP contribution in [-0.4, -0.2) is 62.1 Å². The maximum Gasteiger partial charge on any atom is 0.241 e. The normalized spacial score (nSPS) is 16.0. The standard InChI is InChI=1S/C26H31N3O3/c1-19(26(30)27-24-17-22(31-2)11-12-25(24)32-3)29-15-13-28(14-16-29)18-21-9-6-8-20-7-4-5-10-23(20)21/h4-12,17,19H,13-16,18H2,1-3H3,(H,27,30). The number of carbonyl (C=O) groups excluding carboxylic acids is 1. The lowest BCUT2D eigenvalue weighted by Crippen LogP contribution is -2.52. The minimum Gasteiger partial charge on any atom is -0.497 e. The van der Waals surface area contributed by atoms with Gasteiger partial charge in [-0.2, -0.15) is 0 Å². The van der Waals surface area contributed by atoms with Gasteiger partial charge < -0.3 is 14.8 Å². The van der Waals surface area contributed by atoms with Gasteiger partial charge in [0.1, 0.15) is 11.5 Å². The molecule has 1 heterocycles. The van der Waals surface area contributed by atoms with E-state index in [0.29, 0.717) is 17.2 Å². The third-order valence-electron chi connectivity index (χ3n) is 6.27. The number of rotatable bonds is 7. The van der Waals surface area contributed by atoms with Gasteiger partial charge in [-0.3, -0.25) is 14.6 Å². The Labute approximate surface area is 189 Å². The van der Waals surface area contributed by atoms with E-state index in [4.69, 9.17) is 9.47 Å². The van der Waals surface area contributed by atoms with E-state index in [9.17, 15) is 4.79 Å². The highest BCUT2D eigenvalue weighted by molar-refractivity contribution is 5.96. The Morgan fingerprint density at radius 2 is 1.72 bits per heavy atom. The van der Waals surface area contributed by atoms with E-state index in [1.54, 1.807) is 26.4 Å². The molecule has 0 aliphatic carbocycles. The molecular formula is C26H31N3O3. The van der Waals surface area contributed by atoms with Crippen LogP contribution in [0.5, 0.6) is 11.5 Å². The van der Waals surface area contributed by atoms with Gasteiger partial charge >= 0.3 is 0 Å². The number of fused-ring (bicyclic) bond motifs is 1. The number of hydrogen-bond donors (Lipinski definition) is 1. The van der Waals surface area contributed by atoms with Crippen LogP contribution in [0.2, 0.25) is 0 Å². The summed E-state index contributed by atoms with van der Waals surface area (Å²) in [5, 5.41) is 5.60. The zero-order valence-corrected chi connectivity index (χ0v) is 19.0. The summed E-state index contributed by atoms with van der Waals surface area (Å²) in [6, 6.07) is 20.2. The van der Waals surface area contributed by atoms with Gasteiger partial charge in [0.25, 0.3) is 0 Å². The molecule has 32 heavy (non-hydrogen) atoms. The first-order chi connectivity index (χ1) is 15.6. The number of carbonyl (C=O) groups is 1. The Hall–Kier alpha value is -3.09. The summed E-state index contributed by atoms with van der Waals surface area (Å²) >= 11 is 0. The van der Waals surface area contributed by atoms with Crippen LogP contribution in [0, 0.1) is 0 Å². The van der Waals surface area contributed by atoms with Crippen molar-refractivity contribution in [3.05, 3.63) is 66.2 Å². The average molecular weight is 434 g/mol. The molecule has 0 radical (unpaired) electrons. The number of nitrogens with one attached hydrogen (secondary N) is 1. The summed E-state index contributed by atoms with van der Waals surface area (Å²) in [6.45, 7) is 6.47. The average Bonchev–Trinajstić information content (AvgIpc) is 2.84. The molecule has 1 unspecified atom stereocenters. The maximum absolute atomic E-state index is 12.9. The molecule has 0 saturated carbocycles. The number of piperazine rings is 1. The van der Waals surface area contributed by atoms with Crippen molar-refractivity contribution in [3.63, 3.8) is 0 Å². The van der Waals surface area contributed by atoms with Crippen LogP contribution >= 0.6 is 0 Å². The molecule has 1 amide bonds. The molecule has 0 bridgehead atoms. The van der Waals surface area contributed by atoms with Crippen LogP contribution in [0.15, 0.2) is 60.7 Å². The number of benzene rings is 3. The van der Waals surface area contributed by atoms with Gasteiger partial charge in [0.15, 0.2) is 0 Å². The molecule has 1 saturated heterocycles. The highest BCUT2D eigenvalue weighted by Gasteiger charge is 2.26. The number of methoxy groups -OCH3 is 2. The lowest BCUT2D eigenvalue weighted by molar-refractivity contribution is -0.121. The smallest absolute Gasteiger partial charge is 0.241 e. The zero-order chi connectivity index (χ0) is 22.5. The number of amides is 1. The number of ether oxygens (including phenoxy) is 2. The topological polar surface area (TPSA) is 54.0 Å². The van der Waals surface area contributed by atoms with Crippen LogP contribution in [0.4, 0.5) is 5.69 Å². The minimum absolute atomic E-state index is 0.0425. The molecular weight excluding hydrogens is 402 g/mol. The molecule has 4 rings (SSSR count). The molecule has 1 N–H and O–H groups in total. The largest absolute Gasteiger partial charge is 0.497 e. The molecule has 1 aliphatic heterocycles.